The van der Waals surface area contributed by atoms with Crippen LogP contribution in [0.15, 0.2) is 28.6 Å². The second-order valence-corrected chi connectivity index (χ2v) is 7.50. The average molecular weight is 348 g/mol. The van der Waals surface area contributed by atoms with Crippen LogP contribution < -0.4 is 10.6 Å². The molecule has 2 N–H and O–H groups in total. The quantitative estimate of drug-likeness (QED) is 0.640. The SMILES string of the molecule is CC(=O)N(c1nnc(SCc2cccc(C(N)=O)c2)s1)C1CC1. The van der Waals surface area contributed by atoms with E-state index in [1.807, 2.05) is 12.1 Å². The van der Waals surface area contributed by atoms with Crippen LogP contribution in [0.1, 0.15) is 35.7 Å². The molecule has 1 heterocycles. The number of hydrogen-bond acceptors (Lipinski definition) is 6. The molecular formula is C15H16N4O2S2. The van der Waals surface area contributed by atoms with Gasteiger partial charge in [-0.05, 0) is 30.5 Å². The second kappa shape index (κ2) is 6.67. The number of primary amides is 1. The summed E-state index contributed by atoms with van der Waals surface area (Å²) in [6, 6.07) is 7.51. The van der Waals surface area contributed by atoms with Gasteiger partial charge in [-0.2, -0.15) is 0 Å². The van der Waals surface area contributed by atoms with Gasteiger partial charge in [0.05, 0.1) is 0 Å². The van der Waals surface area contributed by atoms with Crippen molar-refractivity contribution >= 4 is 40.0 Å². The molecule has 2 aromatic rings. The van der Waals surface area contributed by atoms with Crippen molar-refractivity contribution in [3.8, 4) is 0 Å². The maximum Gasteiger partial charge on any atom is 0.248 e. The molecule has 120 valence electrons. The van der Waals surface area contributed by atoms with Crippen molar-refractivity contribution in [2.24, 2.45) is 5.73 Å². The van der Waals surface area contributed by atoms with E-state index in [4.69, 9.17) is 5.73 Å². The van der Waals surface area contributed by atoms with Gasteiger partial charge in [-0.25, -0.2) is 0 Å². The third-order valence-electron chi connectivity index (χ3n) is 3.43. The molecule has 1 aliphatic carbocycles. The highest BCUT2D eigenvalue weighted by atomic mass is 32.2. The zero-order chi connectivity index (χ0) is 16.4. The summed E-state index contributed by atoms with van der Waals surface area (Å²) in [7, 11) is 0. The van der Waals surface area contributed by atoms with E-state index < -0.39 is 5.91 Å². The van der Waals surface area contributed by atoms with Gasteiger partial charge in [-0.15, -0.1) is 10.2 Å². The number of benzene rings is 1. The van der Waals surface area contributed by atoms with Crippen LogP contribution in [0.3, 0.4) is 0 Å². The van der Waals surface area contributed by atoms with Crippen molar-refractivity contribution < 1.29 is 9.59 Å². The first-order chi connectivity index (χ1) is 11.0. The van der Waals surface area contributed by atoms with Crippen LogP contribution in [0.2, 0.25) is 0 Å². The molecule has 0 spiro atoms. The van der Waals surface area contributed by atoms with Crippen LogP contribution in [0.4, 0.5) is 5.13 Å². The Morgan fingerprint density at radius 1 is 1.39 bits per heavy atom. The summed E-state index contributed by atoms with van der Waals surface area (Å²) in [6.45, 7) is 1.56. The molecule has 2 amide bonds. The molecule has 6 nitrogen and oxygen atoms in total. The van der Waals surface area contributed by atoms with Gasteiger partial charge >= 0.3 is 0 Å². The van der Waals surface area contributed by atoms with E-state index >= 15 is 0 Å². The summed E-state index contributed by atoms with van der Waals surface area (Å²) in [6.07, 6.45) is 2.06. The van der Waals surface area contributed by atoms with Gasteiger partial charge in [0.15, 0.2) is 4.34 Å². The van der Waals surface area contributed by atoms with E-state index in [0.717, 1.165) is 22.7 Å². The topological polar surface area (TPSA) is 89.2 Å². The molecule has 23 heavy (non-hydrogen) atoms. The molecule has 3 rings (SSSR count). The number of amides is 2. The van der Waals surface area contributed by atoms with Crippen molar-refractivity contribution in [2.75, 3.05) is 4.90 Å². The number of carbonyl (C=O) groups excluding carboxylic acids is 2. The minimum absolute atomic E-state index is 0.00867. The highest BCUT2D eigenvalue weighted by molar-refractivity contribution is 8.00. The van der Waals surface area contributed by atoms with Gasteiger partial charge in [-0.1, -0.05) is 35.2 Å². The first-order valence-electron chi connectivity index (χ1n) is 7.19. The average Bonchev–Trinajstić information content (AvgIpc) is 3.23. The number of hydrogen-bond donors (Lipinski definition) is 1. The molecule has 0 unspecified atom stereocenters. The molecule has 0 saturated heterocycles. The molecule has 0 radical (unpaired) electrons. The Bertz CT molecular complexity index is 743. The van der Waals surface area contributed by atoms with Gasteiger partial charge < -0.3 is 5.73 Å². The lowest BCUT2D eigenvalue weighted by molar-refractivity contribution is -0.116. The molecular weight excluding hydrogens is 332 g/mol. The Balaban J connectivity index is 1.66. The van der Waals surface area contributed by atoms with Crippen molar-refractivity contribution in [1.82, 2.24) is 10.2 Å². The van der Waals surface area contributed by atoms with E-state index in [0.29, 0.717) is 16.4 Å². The van der Waals surface area contributed by atoms with Gasteiger partial charge in [0.1, 0.15) is 0 Å². The highest BCUT2D eigenvalue weighted by Crippen LogP contribution is 2.36. The predicted octanol–water partition coefficient (Wildman–Crippen LogP) is 2.44. The van der Waals surface area contributed by atoms with Crippen molar-refractivity contribution in [1.29, 1.82) is 0 Å². The fourth-order valence-corrected chi connectivity index (χ4v) is 4.10. The first kappa shape index (κ1) is 15.9. The van der Waals surface area contributed by atoms with Crippen LogP contribution in [0.5, 0.6) is 0 Å². The number of anilines is 1. The first-order valence-corrected chi connectivity index (χ1v) is 8.99. The molecule has 8 heteroatoms. The van der Waals surface area contributed by atoms with Crippen LogP contribution in [0.25, 0.3) is 0 Å². The largest absolute Gasteiger partial charge is 0.366 e. The lowest BCUT2D eigenvalue weighted by atomic mass is 10.1. The molecule has 1 saturated carbocycles. The summed E-state index contributed by atoms with van der Waals surface area (Å²) in [4.78, 5) is 24.7. The number of rotatable bonds is 6. The van der Waals surface area contributed by atoms with Gasteiger partial charge in [-0.3, -0.25) is 14.5 Å². The summed E-state index contributed by atoms with van der Waals surface area (Å²) in [5.41, 5.74) is 6.78. The van der Waals surface area contributed by atoms with Crippen molar-refractivity contribution in [3.05, 3.63) is 35.4 Å². The Morgan fingerprint density at radius 3 is 2.83 bits per heavy atom. The Morgan fingerprint density at radius 2 is 2.17 bits per heavy atom. The van der Waals surface area contributed by atoms with Crippen LogP contribution in [-0.2, 0) is 10.5 Å². The smallest absolute Gasteiger partial charge is 0.248 e. The Labute approximate surface area is 142 Å². The number of nitrogens with two attached hydrogens (primary N) is 1. The van der Waals surface area contributed by atoms with Crippen LogP contribution >= 0.6 is 23.1 Å². The van der Waals surface area contributed by atoms with Crippen LogP contribution in [-0.4, -0.2) is 28.1 Å². The van der Waals surface area contributed by atoms with Crippen LogP contribution in [0, 0.1) is 0 Å². The summed E-state index contributed by atoms with van der Waals surface area (Å²) in [5.74, 6) is 0.241. The molecule has 1 aromatic heterocycles. The van der Waals surface area contributed by atoms with Gasteiger partial charge in [0, 0.05) is 24.3 Å². The zero-order valence-corrected chi connectivity index (χ0v) is 14.2. The number of aromatic nitrogens is 2. The number of nitrogens with zero attached hydrogens (tertiary/aromatic N) is 3. The van der Waals surface area contributed by atoms with E-state index in [-0.39, 0.29) is 11.9 Å². The predicted molar refractivity (Wildman–Crippen MR) is 90.6 cm³/mol. The number of carbonyl (C=O) groups is 2. The molecule has 1 aliphatic rings. The highest BCUT2D eigenvalue weighted by Gasteiger charge is 2.34. The lowest BCUT2D eigenvalue weighted by Crippen LogP contribution is -2.30. The maximum atomic E-state index is 11.7. The monoisotopic (exact) mass is 348 g/mol. The van der Waals surface area contributed by atoms with E-state index in [1.54, 1.807) is 24.0 Å². The third kappa shape index (κ3) is 3.89. The standard InChI is InChI=1S/C15H16N4O2S2/c1-9(20)19(12-5-6-12)14-17-18-15(23-14)22-8-10-3-2-4-11(7-10)13(16)21/h2-4,7,12H,5-6,8H2,1H3,(H2,16,21). The van der Waals surface area contributed by atoms with E-state index in [1.165, 1.54) is 23.1 Å². The Hall–Kier alpha value is -1.93. The van der Waals surface area contributed by atoms with Gasteiger partial charge in [0.2, 0.25) is 16.9 Å². The molecule has 0 atom stereocenters. The third-order valence-corrected chi connectivity index (χ3v) is 5.55. The van der Waals surface area contributed by atoms with Gasteiger partial charge in [0.25, 0.3) is 0 Å². The fraction of sp³-hybridized carbons (Fsp3) is 0.333. The molecule has 1 fully saturated rings. The second-order valence-electron chi connectivity index (χ2n) is 5.32. The molecule has 0 aliphatic heterocycles. The number of thioether (sulfide) groups is 1. The minimum atomic E-state index is -0.434. The normalized spacial score (nSPS) is 13.8. The summed E-state index contributed by atoms with van der Waals surface area (Å²) >= 11 is 2.95. The Kier molecular flexibility index (Phi) is 4.63. The minimum Gasteiger partial charge on any atom is -0.366 e. The molecule has 1 aromatic carbocycles. The summed E-state index contributed by atoms with van der Waals surface area (Å²) < 4.78 is 0.802. The lowest BCUT2D eigenvalue weighted by Gasteiger charge is -2.15. The van der Waals surface area contributed by atoms with E-state index in [9.17, 15) is 9.59 Å². The molecule has 0 bridgehead atoms. The maximum absolute atomic E-state index is 11.7. The van der Waals surface area contributed by atoms with Crippen molar-refractivity contribution in [2.45, 2.75) is 35.9 Å². The fourth-order valence-electron chi connectivity index (χ4n) is 2.20. The summed E-state index contributed by atoms with van der Waals surface area (Å²) in [5, 5.41) is 8.94. The van der Waals surface area contributed by atoms with Crippen molar-refractivity contribution in [3.63, 3.8) is 0 Å². The zero-order valence-electron chi connectivity index (χ0n) is 12.6. The van der Waals surface area contributed by atoms with E-state index in [2.05, 4.69) is 10.2 Å².